The Bertz CT molecular complexity index is 931. The molecular formula is C24H26N2O3. The molecule has 150 valence electrons. The Morgan fingerprint density at radius 3 is 2.31 bits per heavy atom. The third-order valence-corrected chi connectivity index (χ3v) is 5.82. The van der Waals surface area contributed by atoms with Gasteiger partial charge in [0.25, 0.3) is 11.8 Å². The van der Waals surface area contributed by atoms with Crippen molar-refractivity contribution in [2.24, 2.45) is 5.92 Å². The summed E-state index contributed by atoms with van der Waals surface area (Å²) in [5.74, 6) is -0.852. The van der Waals surface area contributed by atoms with Crippen molar-refractivity contribution in [3.8, 4) is 0 Å². The number of amides is 3. The lowest BCUT2D eigenvalue weighted by atomic mass is 9.87. The van der Waals surface area contributed by atoms with Gasteiger partial charge in [-0.1, -0.05) is 50.2 Å². The first-order chi connectivity index (χ1) is 14.0. The number of aryl methyl sites for hydroxylation is 1. The number of benzene rings is 2. The standard InChI is InChI=1S/C24H26N2O3/c1-15(2)14-21(26-23(28)18-11-5-6-12-19(18)24(26)29)22(27)25-20-13-7-9-16-8-3-4-10-17(16)20/h3-6,8,10-12,15,20-21H,7,9,13-14H2,1-2H3,(H,25,27). The molecule has 2 aromatic rings. The van der Waals surface area contributed by atoms with Crippen LogP contribution in [0.4, 0.5) is 0 Å². The zero-order valence-electron chi connectivity index (χ0n) is 16.9. The molecule has 0 aromatic heterocycles. The Morgan fingerprint density at radius 2 is 1.66 bits per heavy atom. The van der Waals surface area contributed by atoms with Crippen molar-refractivity contribution >= 4 is 17.7 Å². The van der Waals surface area contributed by atoms with E-state index in [4.69, 9.17) is 0 Å². The molecule has 0 bridgehead atoms. The number of carbonyl (C=O) groups excluding carboxylic acids is 3. The van der Waals surface area contributed by atoms with Gasteiger partial charge in [-0.15, -0.1) is 0 Å². The van der Waals surface area contributed by atoms with Crippen LogP contribution in [0.2, 0.25) is 0 Å². The van der Waals surface area contributed by atoms with Gasteiger partial charge in [0.05, 0.1) is 17.2 Å². The third-order valence-electron chi connectivity index (χ3n) is 5.82. The normalized spacial score (nSPS) is 19.1. The van der Waals surface area contributed by atoms with Crippen LogP contribution in [0.25, 0.3) is 0 Å². The second-order valence-corrected chi connectivity index (χ2v) is 8.32. The summed E-state index contributed by atoms with van der Waals surface area (Å²) in [6, 6.07) is 14.0. The smallest absolute Gasteiger partial charge is 0.262 e. The van der Waals surface area contributed by atoms with Gasteiger partial charge in [-0.25, -0.2) is 0 Å². The van der Waals surface area contributed by atoms with E-state index in [1.807, 2.05) is 26.0 Å². The predicted molar refractivity (Wildman–Crippen MR) is 110 cm³/mol. The number of hydrogen-bond acceptors (Lipinski definition) is 3. The van der Waals surface area contributed by atoms with Gasteiger partial charge >= 0.3 is 0 Å². The molecule has 29 heavy (non-hydrogen) atoms. The Labute approximate surface area is 171 Å². The molecule has 0 fully saturated rings. The first-order valence-electron chi connectivity index (χ1n) is 10.3. The zero-order chi connectivity index (χ0) is 20.5. The Hall–Kier alpha value is -2.95. The minimum absolute atomic E-state index is 0.0858. The van der Waals surface area contributed by atoms with Gasteiger partial charge in [-0.2, -0.15) is 0 Å². The maximum absolute atomic E-state index is 13.3. The highest BCUT2D eigenvalue weighted by Gasteiger charge is 2.43. The first kappa shape index (κ1) is 19.4. The van der Waals surface area contributed by atoms with Crippen molar-refractivity contribution < 1.29 is 14.4 Å². The Balaban J connectivity index is 1.61. The average Bonchev–Trinajstić information content (AvgIpc) is 2.97. The summed E-state index contributed by atoms with van der Waals surface area (Å²) in [6.07, 6.45) is 3.31. The first-order valence-corrected chi connectivity index (χ1v) is 10.3. The summed E-state index contributed by atoms with van der Waals surface area (Å²) < 4.78 is 0. The van der Waals surface area contributed by atoms with Crippen molar-refractivity contribution in [3.05, 3.63) is 70.8 Å². The average molecular weight is 390 g/mol. The van der Waals surface area contributed by atoms with E-state index in [-0.39, 0.29) is 29.7 Å². The van der Waals surface area contributed by atoms with Crippen LogP contribution in [-0.2, 0) is 11.2 Å². The number of carbonyl (C=O) groups is 3. The van der Waals surface area contributed by atoms with Crippen molar-refractivity contribution in [2.45, 2.75) is 51.6 Å². The molecule has 1 aliphatic carbocycles. The van der Waals surface area contributed by atoms with Crippen LogP contribution in [0.15, 0.2) is 48.5 Å². The van der Waals surface area contributed by atoms with Gasteiger partial charge in [0.2, 0.25) is 5.91 Å². The van der Waals surface area contributed by atoms with E-state index in [1.165, 1.54) is 5.56 Å². The lowest BCUT2D eigenvalue weighted by Gasteiger charge is -2.31. The number of nitrogens with one attached hydrogen (secondary N) is 1. The van der Waals surface area contributed by atoms with Crippen molar-refractivity contribution in [3.63, 3.8) is 0 Å². The molecule has 1 N–H and O–H groups in total. The molecule has 2 atom stereocenters. The molecule has 0 spiro atoms. The van der Waals surface area contributed by atoms with E-state index in [0.29, 0.717) is 17.5 Å². The number of rotatable bonds is 5. The van der Waals surface area contributed by atoms with E-state index in [1.54, 1.807) is 24.3 Å². The minimum Gasteiger partial charge on any atom is -0.347 e. The lowest BCUT2D eigenvalue weighted by molar-refractivity contribution is -0.126. The van der Waals surface area contributed by atoms with Crippen LogP contribution in [0.3, 0.4) is 0 Å². The molecule has 2 unspecified atom stereocenters. The SMILES string of the molecule is CC(C)CC(C(=O)NC1CCCc2ccccc21)N1C(=O)c2ccccc2C1=O. The summed E-state index contributed by atoms with van der Waals surface area (Å²) in [5.41, 5.74) is 3.15. The van der Waals surface area contributed by atoms with Gasteiger partial charge in [0, 0.05) is 0 Å². The second-order valence-electron chi connectivity index (χ2n) is 8.32. The molecular weight excluding hydrogens is 364 g/mol. The molecule has 2 aromatic carbocycles. The molecule has 3 amide bonds. The largest absolute Gasteiger partial charge is 0.347 e. The Morgan fingerprint density at radius 1 is 1.03 bits per heavy atom. The minimum atomic E-state index is -0.809. The molecule has 5 nitrogen and oxygen atoms in total. The number of hydrogen-bond donors (Lipinski definition) is 1. The molecule has 1 heterocycles. The van der Waals surface area contributed by atoms with Crippen LogP contribution in [0.5, 0.6) is 0 Å². The number of fused-ring (bicyclic) bond motifs is 2. The molecule has 4 rings (SSSR count). The van der Waals surface area contributed by atoms with Gasteiger partial charge in [0.15, 0.2) is 0 Å². The second kappa shape index (κ2) is 7.82. The van der Waals surface area contributed by atoms with Crippen molar-refractivity contribution in [1.29, 1.82) is 0 Å². The van der Waals surface area contributed by atoms with Crippen LogP contribution in [0, 0.1) is 5.92 Å². The highest BCUT2D eigenvalue weighted by Crippen LogP contribution is 2.31. The third kappa shape index (κ3) is 3.57. The maximum Gasteiger partial charge on any atom is 0.262 e. The summed E-state index contributed by atoms with van der Waals surface area (Å²) in [6.45, 7) is 3.99. The maximum atomic E-state index is 13.3. The summed E-state index contributed by atoms with van der Waals surface area (Å²) in [5, 5.41) is 3.14. The van der Waals surface area contributed by atoms with Crippen LogP contribution >= 0.6 is 0 Å². The van der Waals surface area contributed by atoms with E-state index in [2.05, 4.69) is 17.4 Å². The Kier molecular flexibility index (Phi) is 5.22. The van der Waals surface area contributed by atoms with Crippen LogP contribution < -0.4 is 5.32 Å². The van der Waals surface area contributed by atoms with Gasteiger partial charge in [0.1, 0.15) is 6.04 Å². The van der Waals surface area contributed by atoms with E-state index < -0.39 is 6.04 Å². The van der Waals surface area contributed by atoms with Gasteiger partial charge in [-0.3, -0.25) is 19.3 Å². The fraction of sp³-hybridized carbons (Fsp3) is 0.375. The lowest BCUT2D eigenvalue weighted by Crippen LogP contribution is -2.51. The summed E-state index contributed by atoms with van der Waals surface area (Å²) in [7, 11) is 0. The van der Waals surface area contributed by atoms with Crippen LogP contribution in [0.1, 0.15) is 71.0 Å². The molecule has 1 aliphatic heterocycles. The van der Waals surface area contributed by atoms with Crippen LogP contribution in [-0.4, -0.2) is 28.7 Å². The molecule has 0 saturated heterocycles. The molecule has 0 saturated carbocycles. The summed E-state index contributed by atoms with van der Waals surface area (Å²) >= 11 is 0. The molecule has 2 aliphatic rings. The number of imide groups is 1. The predicted octanol–water partition coefficient (Wildman–Crippen LogP) is 3.89. The van der Waals surface area contributed by atoms with E-state index in [0.717, 1.165) is 29.7 Å². The molecule has 0 radical (unpaired) electrons. The fourth-order valence-corrected chi connectivity index (χ4v) is 4.44. The highest BCUT2D eigenvalue weighted by molar-refractivity contribution is 6.22. The summed E-state index contributed by atoms with van der Waals surface area (Å²) in [4.78, 5) is 40.4. The fourth-order valence-electron chi connectivity index (χ4n) is 4.44. The van der Waals surface area contributed by atoms with E-state index >= 15 is 0 Å². The van der Waals surface area contributed by atoms with Gasteiger partial charge < -0.3 is 5.32 Å². The van der Waals surface area contributed by atoms with Crippen molar-refractivity contribution in [2.75, 3.05) is 0 Å². The molecule has 5 heteroatoms. The highest BCUT2D eigenvalue weighted by atomic mass is 16.2. The number of nitrogens with zero attached hydrogens (tertiary/aromatic N) is 1. The zero-order valence-corrected chi connectivity index (χ0v) is 16.9. The van der Waals surface area contributed by atoms with Gasteiger partial charge in [-0.05, 0) is 54.9 Å². The van der Waals surface area contributed by atoms with E-state index in [9.17, 15) is 14.4 Å². The quantitative estimate of drug-likeness (QED) is 0.788. The van der Waals surface area contributed by atoms with Crippen molar-refractivity contribution in [1.82, 2.24) is 10.2 Å². The monoisotopic (exact) mass is 390 g/mol. The topological polar surface area (TPSA) is 66.5 Å².